The van der Waals surface area contributed by atoms with Crippen LogP contribution in [0.15, 0.2) is 18.2 Å². The van der Waals surface area contributed by atoms with Gasteiger partial charge in [-0.2, -0.15) is 0 Å². The summed E-state index contributed by atoms with van der Waals surface area (Å²) in [6.07, 6.45) is 0.800. The molecular weight excluding hydrogens is 244 g/mol. The van der Waals surface area contributed by atoms with Crippen LogP contribution in [0.1, 0.15) is 43.1 Å². The zero-order valence-corrected chi connectivity index (χ0v) is 11.7. The highest BCUT2D eigenvalue weighted by Gasteiger charge is 2.18. The Bertz CT molecular complexity index is 495. The monoisotopic (exact) mass is 264 g/mol. The number of nitrogens with one attached hydrogen (secondary N) is 2. The minimum Gasteiger partial charge on any atom is -0.478 e. The molecule has 5 heteroatoms. The lowest BCUT2D eigenvalue weighted by atomic mass is 10.0. The fourth-order valence-corrected chi connectivity index (χ4v) is 1.49. The van der Waals surface area contributed by atoms with E-state index in [0.717, 1.165) is 6.42 Å². The SMILES string of the molecule is CCC(C)(C)NC(=O)Nc1ccc(C)c(C(=O)O)c1. The molecule has 0 heterocycles. The van der Waals surface area contributed by atoms with Gasteiger partial charge in [-0.15, -0.1) is 0 Å². The quantitative estimate of drug-likeness (QED) is 0.782. The number of urea groups is 1. The Morgan fingerprint density at radius 2 is 1.95 bits per heavy atom. The smallest absolute Gasteiger partial charge is 0.336 e. The summed E-state index contributed by atoms with van der Waals surface area (Å²) < 4.78 is 0. The minimum atomic E-state index is -1.00. The summed E-state index contributed by atoms with van der Waals surface area (Å²) in [5, 5.41) is 14.5. The summed E-state index contributed by atoms with van der Waals surface area (Å²) in [7, 11) is 0. The molecule has 1 rings (SSSR count). The Balaban J connectivity index is 2.81. The van der Waals surface area contributed by atoms with E-state index in [4.69, 9.17) is 5.11 Å². The molecule has 0 unspecified atom stereocenters. The zero-order chi connectivity index (χ0) is 14.6. The van der Waals surface area contributed by atoms with E-state index >= 15 is 0 Å². The van der Waals surface area contributed by atoms with Crippen molar-refractivity contribution >= 4 is 17.7 Å². The number of carbonyl (C=O) groups excluding carboxylic acids is 1. The number of benzene rings is 1. The molecular formula is C14H20N2O3. The van der Waals surface area contributed by atoms with E-state index in [1.165, 1.54) is 6.07 Å². The maximum atomic E-state index is 11.8. The summed E-state index contributed by atoms with van der Waals surface area (Å²) in [6.45, 7) is 7.54. The van der Waals surface area contributed by atoms with Gasteiger partial charge in [-0.1, -0.05) is 13.0 Å². The molecule has 0 aliphatic rings. The Labute approximate surface area is 113 Å². The molecule has 19 heavy (non-hydrogen) atoms. The predicted molar refractivity (Wildman–Crippen MR) is 74.7 cm³/mol. The number of aromatic carboxylic acids is 1. The summed E-state index contributed by atoms with van der Waals surface area (Å²) >= 11 is 0. The molecule has 1 aromatic rings. The number of carboxylic acid groups (broad SMARTS) is 1. The van der Waals surface area contributed by atoms with E-state index in [-0.39, 0.29) is 17.1 Å². The fourth-order valence-electron chi connectivity index (χ4n) is 1.49. The number of amides is 2. The van der Waals surface area contributed by atoms with Crippen LogP contribution in [0.25, 0.3) is 0 Å². The molecule has 104 valence electrons. The molecule has 0 aliphatic carbocycles. The summed E-state index contributed by atoms with van der Waals surface area (Å²) in [5.41, 5.74) is 1.01. The van der Waals surface area contributed by atoms with Crippen molar-refractivity contribution in [2.24, 2.45) is 0 Å². The lowest BCUT2D eigenvalue weighted by Gasteiger charge is -2.24. The second-order valence-corrected chi connectivity index (χ2v) is 5.15. The van der Waals surface area contributed by atoms with E-state index < -0.39 is 5.97 Å². The molecule has 0 saturated carbocycles. The van der Waals surface area contributed by atoms with Gasteiger partial charge in [0.15, 0.2) is 0 Å². The molecule has 3 N–H and O–H groups in total. The predicted octanol–water partition coefficient (Wildman–Crippen LogP) is 3.00. The number of rotatable bonds is 4. The van der Waals surface area contributed by atoms with Crippen LogP contribution in [0.2, 0.25) is 0 Å². The summed E-state index contributed by atoms with van der Waals surface area (Å²) in [4.78, 5) is 22.8. The molecule has 0 spiro atoms. The van der Waals surface area contributed by atoms with E-state index in [1.54, 1.807) is 19.1 Å². The number of anilines is 1. The van der Waals surface area contributed by atoms with Crippen LogP contribution in [0.3, 0.4) is 0 Å². The normalized spacial score (nSPS) is 10.9. The van der Waals surface area contributed by atoms with Crippen molar-refractivity contribution in [3.8, 4) is 0 Å². The highest BCUT2D eigenvalue weighted by atomic mass is 16.4. The van der Waals surface area contributed by atoms with Crippen molar-refractivity contribution in [1.82, 2.24) is 5.32 Å². The number of hydrogen-bond acceptors (Lipinski definition) is 2. The van der Waals surface area contributed by atoms with Crippen LogP contribution in [0.5, 0.6) is 0 Å². The third-order valence-corrected chi connectivity index (χ3v) is 3.06. The topological polar surface area (TPSA) is 78.4 Å². The lowest BCUT2D eigenvalue weighted by molar-refractivity contribution is 0.0696. The largest absolute Gasteiger partial charge is 0.478 e. The molecule has 0 bridgehead atoms. The first-order chi connectivity index (χ1) is 8.75. The summed E-state index contributed by atoms with van der Waals surface area (Å²) in [6, 6.07) is 4.47. The van der Waals surface area contributed by atoms with Gasteiger partial charge in [-0.3, -0.25) is 0 Å². The molecule has 1 aromatic carbocycles. The van der Waals surface area contributed by atoms with Crippen molar-refractivity contribution in [2.45, 2.75) is 39.7 Å². The Kier molecular flexibility index (Phi) is 4.53. The minimum absolute atomic E-state index is 0.188. The number of aryl methyl sites for hydroxylation is 1. The van der Waals surface area contributed by atoms with Gasteiger partial charge >= 0.3 is 12.0 Å². The molecule has 0 aromatic heterocycles. The Hall–Kier alpha value is -2.04. The molecule has 0 aliphatic heterocycles. The zero-order valence-electron chi connectivity index (χ0n) is 11.7. The van der Waals surface area contributed by atoms with Crippen LogP contribution in [0, 0.1) is 6.92 Å². The fraction of sp³-hybridized carbons (Fsp3) is 0.429. The van der Waals surface area contributed by atoms with Crippen molar-refractivity contribution in [3.63, 3.8) is 0 Å². The van der Waals surface area contributed by atoms with Gasteiger partial charge in [0.05, 0.1) is 5.56 Å². The van der Waals surface area contributed by atoms with Crippen LogP contribution in [-0.4, -0.2) is 22.6 Å². The van der Waals surface area contributed by atoms with Crippen molar-refractivity contribution < 1.29 is 14.7 Å². The Morgan fingerprint density at radius 3 is 2.47 bits per heavy atom. The average Bonchev–Trinajstić information content (AvgIpc) is 2.30. The van der Waals surface area contributed by atoms with Gasteiger partial charge in [0.1, 0.15) is 0 Å². The van der Waals surface area contributed by atoms with Crippen LogP contribution < -0.4 is 10.6 Å². The molecule has 0 saturated heterocycles. The first kappa shape index (κ1) is 15.0. The third kappa shape index (κ3) is 4.28. The van der Waals surface area contributed by atoms with Gasteiger partial charge in [0.2, 0.25) is 0 Å². The lowest BCUT2D eigenvalue weighted by Crippen LogP contribution is -2.45. The number of carboxylic acids is 1. The Morgan fingerprint density at radius 1 is 1.32 bits per heavy atom. The second kappa shape index (κ2) is 5.73. The molecule has 0 radical (unpaired) electrons. The summed E-state index contributed by atoms with van der Waals surface area (Å²) in [5.74, 6) is -1.00. The first-order valence-corrected chi connectivity index (χ1v) is 6.18. The maximum Gasteiger partial charge on any atom is 0.336 e. The highest BCUT2D eigenvalue weighted by molar-refractivity contribution is 5.94. The highest BCUT2D eigenvalue weighted by Crippen LogP contribution is 2.16. The third-order valence-electron chi connectivity index (χ3n) is 3.06. The van der Waals surface area contributed by atoms with E-state index in [1.807, 2.05) is 20.8 Å². The van der Waals surface area contributed by atoms with E-state index in [2.05, 4.69) is 10.6 Å². The van der Waals surface area contributed by atoms with Gasteiger partial charge in [-0.05, 0) is 44.9 Å². The van der Waals surface area contributed by atoms with Gasteiger partial charge in [0, 0.05) is 11.2 Å². The van der Waals surface area contributed by atoms with Crippen LogP contribution in [0.4, 0.5) is 10.5 Å². The molecule has 5 nitrogen and oxygen atoms in total. The maximum absolute atomic E-state index is 11.8. The second-order valence-electron chi connectivity index (χ2n) is 5.15. The molecule has 0 fully saturated rings. The van der Waals surface area contributed by atoms with Crippen molar-refractivity contribution in [3.05, 3.63) is 29.3 Å². The standard InChI is InChI=1S/C14H20N2O3/c1-5-14(3,4)16-13(19)15-10-7-6-9(2)11(8-10)12(17)18/h6-8H,5H2,1-4H3,(H,17,18)(H2,15,16,19). The van der Waals surface area contributed by atoms with Gasteiger partial charge in [0.25, 0.3) is 0 Å². The van der Waals surface area contributed by atoms with E-state index in [9.17, 15) is 9.59 Å². The van der Waals surface area contributed by atoms with Gasteiger partial charge < -0.3 is 15.7 Å². The van der Waals surface area contributed by atoms with E-state index in [0.29, 0.717) is 11.3 Å². The number of carbonyl (C=O) groups is 2. The number of hydrogen-bond donors (Lipinski definition) is 3. The average molecular weight is 264 g/mol. The van der Waals surface area contributed by atoms with Crippen LogP contribution >= 0.6 is 0 Å². The first-order valence-electron chi connectivity index (χ1n) is 6.18. The molecule has 0 atom stereocenters. The van der Waals surface area contributed by atoms with Crippen molar-refractivity contribution in [1.29, 1.82) is 0 Å². The van der Waals surface area contributed by atoms with Gasteiger partial charge in [-0.25, -0.2) is 9.59 Å². The van der Waals surface area contributed by atoms with Crippen molar-refractivity contribution in [2.75, 3.05) is 5.32 Å². The van der Waals surface area contributed by atoms with Crippen LogP contribution in [-0.2, 0) is 0 Å². The molecule has 2 amide bonds.